The smallest absolute Gasteiger partial charge is 0.228 e. The van der Waals surface area contributed by atoms with Crippen LogP contribution in [-0.4, -0.2) is 18.6 Å². The van der Waals surface area contributed by atoms with Crippen molar-refractivity contribution in [2.45, 2.75) is 36.6 Å². The molecule has 3 nitrogen and oxygen atoms in total. The SMILES string of the molecule is O=C1Cc2cc(C(Br)CC3CCCO3)ccc2N1. The monoisotopic (exact) mass is 309 g/mol. The number of alkyl halides is 1. The molecule has 4 heteroatoms. The first-order valence-corrected chi connectivity index (χ1v) is 7.32. The molecule has 0 aromatic heterocycles. The Morgan fingerprint density at radius 1 is 1.50 bits per heavy atom. The van der Waals surface area contributed by atoms with Crippen molar-refractivity contribution in [3.8, 4) is 0 Å². The number of hydrogen-bond acceptors (Lipinski definition) is 2. The average molecular weight is 310 g/mol. The maximum absolute atomic E-state index is 11.3. The van der Waals surface area contributed by atoms with E-state index in [1.54, 1.807) is 0 Å². The summed E-state index contributed by atoms with van der Waals surface area (Å²) in [5.41, 5.74) is 3.30. The standard InChI is InChI=1S/C14H16BrNO2/c15-12(8-11-2-1-5-18-11)9-3-4-13-10(6-9)7-14(17)16-13/h3-4,6,11-12H,1-2,5,7-8H2,(H,16,17). The van der Waals surface area contributed by atoms with E-state index >= 15 is 0 Å². The molecule has 18 heavy (non-hydrogen) atoms. The van der Waals surface area contributed by atoms with Crippen molar-refractivity contribution < 1.29 is 9.53 Å². The van der Waals surface area contributed by atoms with E-state index in [-0.39, 0.29) is 5.91 Å². The molecule has 0 radical (unpaired) electrons. The molecule has 2 atom stereocenters. The number of carbonyl (C=O) groups excluding carboxylic acids is 1. The van der Waals surface area contributed by atoms with Crippen LogP contribution in [-0.2, 0) is 16.0 Å². The Kier molecular flexibility index (Phi) is 3.39. The van der Waals surface area contributed by atoms with Gasteiger partial charge in [-0.2, -0.15) is 0 Å². The minimum atomic E-state index is 0.0902. The van der Waals surface area contributed by atoms with Gasteiger partial charge in [0.1, 0.15) is 0 Å². The minimum absolute atomic E-state index is 0.0902. The van der Waals surface area contributed by atoms with Crippen molar-refractivity contribution in [2.75, 3.05) is 11.9 Å². The van der Waals surface area contributed by atoms with Crippen LogP contribution in [0.5, 0.6) is 0 Å². The molecule has 2 aliphatic rings. The van der Waals surface area contributed by atoms with Crippen LogP contribution in [0.25, 0.3) is 0 Å². The van der Waals surface area contributed by atoms with Crippen molar-refractivity contribution in [1.82, 2.24) is 0 Å². The van der Waals surface area contributed by atoms with Crippen LogP contribution in [0.4, 0.5) is 5.69 Å². The van der Waals surface area contributed by atoms with Gasteiger partial charge in [-0.3, -0.25) is 4.79 Å². The maximum Gasteiger partial charge on any atom is 0.228 e. The van der Waals surface area contributed by atoms with E-state index in [0.717, 1.165) is 30.7 Å². The first-order valence-electron chi connectivity index (χ1n) is 6.41. The Labute approximate surface area is 115 Å². The zero-order chi connectivity index (χ0) is 12.5. The molecule has 2 unspecified atom stereocenters. The molecule has 2 aliphatic heterocycles. The summed E-state index contributed by atoms with van der Waals surface area (Å²) in [5, 5.41) is 2.86. The molecular formula is C14H16BrNO2. The Hall–Kier alpha value is -0.870. The van der Waals surface area contributed by atoms with Crippen molar-refractivity contribution in [3.63, 3.8) is 0 Å². The zero-order valence-corrected chi connectivity index (χ0v) is 11.7. The number of benzene rings is 1. The van der Waals surface area contributed by atoms with Gasteiger partial charge >= 0.3 is 0 Å². The number of ether oxygens (including phenoxy) is 1. The van der Waals surface area contributed by atoms with E-state index in [2.05, 4.69) is 33.4 Å². The van der Waals surface area contributed by atoms with Gasteiger partial charge in [-0.25, -0.2) is 0 Å². The molecule has 1 amide bonds. The van der Waals surface area contributed by atoms with Crippen LogP contribution in [0.15, 0.2) is 18.2 Å². The predicted molar refractivity (Wildman–Crippen MR) is 74.0 cm³/mol. The number of amides is 1. The fourth-order valence-electron chi connectivity index (χ4n) is 2.64. The predicted octanol–water partition coefficient (Wildman–Crippen LogP) is 3.19. The molecule has 0 saturated carbocycles. The highest BCUT2D eigenvalue weighted by Gasteiger charge is 2.22. The van der Waals surface area contributed by atoms with E-state index in [0.29, 0.717) is 17.4 Å². The van der Waals surface area contributed by atoms with E-state index < -0.39 is 0 Å². The number of halogens is 1. The second-order valence-corrected chi connectivity index (χ2v) is 6.09. The number of hydrogen-bond donors (Lipinski definition) is 1. The number of rotatable bonds is 3. The third-order valence-electron chi connectivity index (χ3n) is 3.61. The topological polar surface area (TPSA) is 38.3 Å². The Morgan fingerprint density at radius 2 is 2.39 bits per heavy atom. The van der Waals surface area contributed by atoms with Gasteiger partial charge in [0, 0.05) is 17.1 Å². The molecule has 96 valence electrons. The third kappa shape index (κ3) is 2.45. The number of fused-ring (bicyclic) bond motifs is 1. The Morgan fingerprint density at radius 3 is 3.17 bits per heavy atom. The van der Waals surface area contributed by atoms with Crippen LogP contribution in [0.3, 0.4) is 0 Å². The lowest BCUT2D eigenvalue weighted by Gasteiger charge is -2.15. The third-order valence-corrected chi connectivity index (χ3v) is 4.51. The van der Waals surface area contributed by atoms with Gasteiger partial charge in [-0.05, 0) is 36.5 Å². The molecule has 0 bridgehead atoms. The molecule has 1 saturated heterocycles. The van der Waals surface area contributed by atoms with Gasteiger partial charge in [0.25, 0.3) is 0 Å². The summed E-state index contributed by atoms with van der Waals surface area (Å²) in [6.07, 6.45) is 4.21. The zero-order valence-electron chi connectivity index (χ0n) is 10.1. The van der Waals surface area contributed by atoms with Crippen LogP contribution in [0.2, 0.25) is 0 Å². The Balaban J connectivity index is 1.72. The highest BCUT2D eigenvalue weighted by atomic mass is 79.9. The number of nitrogens with one attached hydrogen (secondary N) is 1. The van der Waals surface area contributed by atoms with Gasteiger partial charge in [-0.1, -0.05) is 28.1 Å². The number of anilines is 1. The largest absolute Gasteiger partial charge is 0.378 e. The molecule has 3 rings (SSSR count). The Bertz CT molecular complexity index is 469. The molecule has 1 aromatic carbocycles. The van der Waals surface area contributed by atoms with Crippen molar-refractivity contribution in [2.24, 2.45) is 0 Å². The highest BCUT2D eigenvalue weighted by Crippen LogP contribution is 2.34. The fourth-order valence-corrected chi connectivity index (χ4v) is 3.34. The van der Waals surface area contributed by atoms with Crippen LogP contribution in [0.1, 0.15) is 35.2 Å². The van der Waals surface area contributed by atoms with Crippen LogP contribution >= 0.6 is 15.9 Å². The summed E-state index contributed by atoms with van der Waals surface area (Å²) in [5.74, 6) is 0.0902. The molecule has 1 fully saturated rings. The van der Waals surface area contributed by atoms with Crippen LogP contribution < -0.4 is 5.32 Å². The summed E-state index contributed by atoms with van der Waals surface area (Å²) < 4.78 is 5.66. The lowest BCUT2D eigenvalue weighted by Crippen LogP contribution is -2.08. The molecular weight excluding hydrogens is 294 g/mol. The van der Waals surface area contributed by atoms with Gasteiger partial charge in [-0.15, -0.1) is 0 Å². The summed E-state index contributed by atoms with van der Waals surface area (Å²) in [4.78, 5) is 11.6. The lowest BCUT2D eigenvalue weighted by molar-refractivity contribution is -0.115. The van der Waals surface area contributed by atoms with Crippen molar-refractivity contribution >= 4 is 27.5 Å². The molecule has 1 aromatic rings. The van der Waals surface area contributed by atoms with E-state index in [1.807, 2.05) is 6.07 Å². The summed E-state index contributed by atoms with van der Waals surface area (Å²) >= 11 is 3.73. The lowest BCUT2D eigenvalue weighted by atomic mass is 10.0. The molecule has 1 N–H and O–H groups in total. The van der Waals surface area contributed by atoms with E-state index in [9.17, 15) is 4.79 Å². The quantitative estimate of drug-likeness (QED) is 0.871. The van der Waals surface area contributed by atoms with Crippen LogP contribution in [0, 0.1) is 0 Å². The van der Waals surface area contributed by atoms with Gasteiger partial charge in [0.2, 0.25) is 5.91 Å². The molecule has 0 aliphatic carbocycles. The summed E-state index contributed by atoms with van der Waals surface area (Å²) in [6.45, 7) is 0.896. The average Bonchev–Trinajstić information content (AvgIpc) is 2.95. The minimum Gasteiger partial charge on any atom is -0.378 e. The maximum atomic E-state index is 11.3. The van der Waals surface area contributed by atoms with Gasteiger partial charge in [0.15, 0.2) is 0 Å². The van der Waals surface area contributed by atoms with Crippen molar-refractivity contribution in [1.29, 1.82) is 0 Å². The highest BCUT2D eigenvalue weighted by molar-refractivity contribution is 9.09. The first kappa shape index (κ1) is 12.2. The first-order chi connectivity index (χ1) is 8.72. The fraction of sp³-hybridized carbons (Fsp3) is 0.500. The second-order valence-electron chi connectivity index (χ2n) is 4.98. The molecule has 0 spiro atoms. The van der Waals surface area contributed by atoms with Crippen molar-refractivity contribution in [3.05, 3.63) is 29.3 Å². The van der Waals surface area contributed by atoms with Gasteiger partial charge in [0.05, 0.1) is 12.5 Å². The summed E-state index contributed by atoms with van der Waals surface area (Å²) in [6, 6.07) is 6.21. The summed E-state index contributed by atoms with van der Waals surface area (Å²) in [7, 11) is 0. The van der Waals surface area contributed by atoms with E-state index in [1.165, 1.54) is 12.0 Å². The molecule has 2 heterocycles. The number of carbonyl (C=O) groups is 1. The van der Waals surface area contributed by atoms with Gasteiger partial charge < -0.3 is 10.1 Å². The van der Waals surface area contributed by atoms with E-state index in [4.69, 9.17) is 4.74 Å². The second kappa shape index (κ2) is 5.02. The normalized spacial score (nSPS) is 23.8.